The van der Waals surface area contributed by atoms with Gasteiger partial charge in [0.15, 0.2) is 5.43 Å². The van der Waals surface area contributed by atoms with Crippen LogP contribution in [0.5, 0.6) is 0 Å². The maximum absolute atomic E-state index is 12.8. The highest BCUT2D eigenvalue weighted by Crippen LogP contribution is 2.21. The van der Waals surface area contributed by atoms with Crippen LogP contribution in [0.25, 0.3) is 17.3 Å². The van der Waals surface area contributed by atoms with E-state index in [1.807, 2.05) is 30.4 Å². The minimum Gasteiger partial charge on any atom is -0.464 e. The summed E-state index contributed by atoms with van der Waals surface area (Å²) in [6, 6.07) is 3.31. The standard InChI is InChI=1S/C19H14ClNO2/c1-13-5-3-2-4-6-15-18(8-7-13)23-12-16(19(15)22)17-11-14(20)9-10-21-17/h2-5,7-12H,1,6H2/b4-2-,5-3-,8-7?. The molecule has 3 nitrogen and oxygen atoms in total. The lowest BCUT2D eigenvalue weighted by Crippen LogP contribution is -2.13. The van der Waals surface area contributed by atoms with E-state index in [1.54, 1.807) is 24.4 Å². The Balaban J connectivity index is 2.15. The van der Waals surface area contributed by atoms with Gasteiger partial charge in [-0.15, -0.1) is 0 Å². The van der Waals surface area contributed by atoms with Gasteiger partial charge in [0.2, 0.25) is 0 Å². The predicted molar refractivity (Wildman–Crippen MR) is 93.4 cm³/mol. The molecule has 0 atom stereocenters. The highest BCUT2D eigenvalue weighted by molar-refractivity contribution is 6.30. The van der Waals surface area contributed by atoms with E-state index in [4.69, 9.17) is 16.0 Å². The molecule has 1 aliphatic carbocycles. The number of aromatic nitrogens is 1. The molecule has 3 rings (SSSR count). The van der Waals surface area contributed by atoms with Crippen molar-refractivity contribution >= 4 is 17.7 Å². The largest absolute Gasteiger partial charge is 0.464 e. The third kappa shape index (κ3) is 3.41. The van der Waals surface area contributed by atoms with Crippen molar-refractivity contribution in [3.05, 3.63) is 93.7 Å². The first-order chi connectivity index (χ1) is 11.1. The van der Waals surface area contributed by atoms with Crippen LogP contribution in [0.15, 0.2) is 76.3 Å². The third-order valence-electron chi connectivity index (χ3n) is 3.45. The molecule has 2 aromatic heterocycles. The van der Waals surface area contributed by atoms with Crippen LogP contribution in [-0.4, -0.2) is 4.98 Å². The molecule has 0 saturated heterocycles. The van der Waals surface area contributed by atoms with E-state index in [9.17, 15) is 4.79 Å². The summed E-state index contributed by atoms with van der Waals surface area (Å²) >= 11 is 5.98. The van der Waals surface area contributed by atoms with Crippen molar-refractivity contribution in [2.45, 2.75) is 6.42 Å². The first-order valence-corrected chi connectivity index (χ1v) is 7.50. The average Bonchev–Trinajstić information content (AvgIpc) is 2.54. The van der Waals surface area contributed by atoms with Gasteiger partial charge in [-0.05, 0) is 30.2 Å². The van der Waals surface area contributed by atoms with Gasteiger partial charge < -0.3 is 4.42 Å². The van der Waals surface area contributed by atoms with Crippen LogP contribution in [-0.2, 0) is 6.42 Å². The smallest absolute Gasteiger partial charge is 0.198 e. The fraction of sp³-hybridized carbons (Fsp3) is 0.0526. The highest BCUT2D eigenvalue weighted by Gasteiger charge is 2.14. The van der Waals surface area contributed by atoms with E-state index >= 15 is 0 Å². The Morgan fingerprint density at radius 2 is 2.09 bits per heavy atom. The number of fused-ring (bicyclic) bond motifs is 1. The zero-order valence-corrected chi connectivity index (χ0v) is 13.1. The predicted octanol–water partition coefficient (Wildman–Crippen LogP) is 4.59. The molecule has 23 heavy (non-hydrogen) atoms. The minimum absolute atomic E-state index is 0.106. The van der Waals surface area contributed by atoms with Crippen LogP contribution in [0.3, 0.4) is 0 Å². The van der Waals surface area contributed by atoms with Gasteiger partial charge in [-0.2, -0.15) is 0 Å². The number of hydrogen-bond acceptors (Lipinski definition) is 3. The molecule has 114 valence electrons. The summed E-state index contributed by atoms with van der Waals surface area (Å²) in [7, 11) is 0. The average molecular weight is 324 g/mol. The normalized spacial score (nSPS) is 16.7. The Kier molecular flexibility index (Phi) is 4.40. The van der Waals surface area contributed by atoms with Crippen molar-refractivity contribution in [1.82, 2.24) is 4.98 Å². The van der Waals surface area contributed by atoms with Crippen LogP contribution in [0.2, 0.25) is 5.02 Å². The fourth-order valence-corrected chi connectivity index (χ4v) is 2.43. The second kappa shape index (κ2) is 6.63. The Morgan fingerprint density at radius 3 is 2.91 bits per heavy atom. The summed E-state index contributed by atoms with van der Waals surface area (Å²) in [4.78, 5) is 17.0. The highest BCUT2D eigenvalue weighted by atomic mass is 35.5. The Hall–Kier alpha value is -2.65. The van der Waals surface area contributed by atoms with Crippen molar-refractivity contribution in [3.8, 4) is 11.3 Å². The quantitative estimate of drug-likeness (QED) is 0.770. The van der Waals surface area contributed by atoms with E-state index in [-0.39, 0.29) is 5.43 Å². The van der Waals surface area contributed by atoms with Gasteiger partial charge in [0.25, 0.3) is 0 Å². The molecule has 0 unspecified atom stereocenters. The lowest BCUT2D eigenvalue weighted by atomic mass is 10.0. The van der Waals surface area contributed by atoms with Crippen molar-refractivity contribution < 1.29 is 4.42 Å². The second-order valence-corrected chi connectivity index (χ2v) is 5.52. The molecule has 2 heterocycles. The molecule has 0 spiro atoms. The summed E-state index contributed by atoms with van der Waals surface area (Å²) < 4.78 is 5.67. The van der Waals surface area contributed by atoms with E-state index in [1.165, 1.54) is 6.26 Å². The molecule has 2 aromatic rings. The van der Waals surface area contributed by atoms with Crippen LogP contribution >= 0.6 is 11.6 Å². The van der Waals surface area contributed by atoms with Crippen molar-refractivity contribution in [3.63, 3.8) is 0 Å². The molecule has 0 N–H and O–H groups in total. The molecule has 1 aliphatic rings. The van der Waals surface area contributed by atoms with Crippen molar-refractivity contribution in [1.29, 1.82) is 0 Å². The molecule has 0 amide bonds. The first kappa shape index (κ1) is 15.3. The monoisotopic (exact) mass is 323 g/mol. The maximum Gasteiger partial charge on any atom is 0.198 e. The van der Waals surface area contributed by atoms with Crippen LogP contribution in [0, 0.1) is 0 Å². The van der Waals surface area contributed by atoms with E-state index in [0.29, 0.717) is 34.0 Å². The lowest BCUT2D eigenvalue weighted by molar-refractivity contribution is 0.533. The molecular formula is C19H14ClNO2. The number of allylic oxidation sites excluding steroid dienone is 6. The van der Waals surface area contributed by atoms with Crippen LogP contribution in [0.4, 0.5) is 0 Å². The topological polar surface area (TPSA) is 43.1 Å². The molecule has 0 bridgehead atoms. The zero-order valence-electron chi connectivity index (χ0n) is 12.3. The molecular weight excluding hydrogens is 310 g/mol. The fourth-order valence-electron chi connectivity index (χ4n) is 2.27. The molecule has 4 heteroatoms. The molecule has 0 aliphatic heterocycles. The van der Waals surface area contributed by atoms with E-state index < -0.39 is 0 Å². The molecule has 0 aromatic carbocycles. The Bertz CT molecular complexity index is 904. The molecule has 0 saturated carbocycles. The third-order valence-corrected chi connectivity index (χ3v) is 3.68. The van der Waals surface area contributed by atoms with Gasteiger partial charge in [-0.25, -0.2) is 0 Å². The van der Waals surface area contributed by atoms with Gasteiger partial charge >= 0.3 is 0 Å². The summed E-state index contributed by atoms with van der Waals surface area (Å²) in [5.74, 6) is 0.530. The van der Waals surface area contributed by atoms with Gasteiger partial charge in [0.1, 0.15) is 12.0 Å². The van der Waals surface area contributed by atoms with Crippen LogP contribution in [0.1, 0.15) is 11.3 Å². The molecule has 0 fully saturated rings. The Morgan fingerprint density at radius 1 is 1.22 bits per heavy atom. The number of rotatable bonds is 1. The summed E-state index contributed by atoms with van der Waals surface area (Å²) in [6.45, 7) is 3.91. The second-order valence-electron chi connectivity index (χ2n) is 5.08. The number of hydrogen-bond donors (Lipinski definition) is 0. The number of nitrogens with zero attached hydrogens (tertiary/aromatic N) is 1. The summed E-state index contributed by atoms with van der Waals surface area (Å²) in [6.07, 6.45) is 14.6. The SMILES string of the molecule is C=C1C=Cc2occ(-c3cc(Cl)ccn3)c(=O)c2C/C=C\C=C/1. The maximum atomic E-state index is 12.8. The van der Waals surface area contributed by atoms with Gasteiger partial charge in [0.05, 0.1) is 11.3 Å². The van der Waals surface area contributed by atoms with Gasteiger partial charge in [0, 0.05) is 16.8 Å². The number of pyridine rings is 1. The van der Waals surface area contributed by atoms with Crippen LogP contribution < -0.4 is 5.43 Å². The lowest BCUT2D eigenvalue weighted by Gasteiger charge is -2.06. The van der Waals surface area contributed by atoms with Gasteiger partial charge in [-0.3, -0.25) is 9.78 Å². The Labute approximate surface area is 138 Å². The zero-order chi connectivity index (χ0) is 16.2. The van der Waals surface area contributed by atoms with Crippen molar-refractivity contribution in [2.75, 3.05) is 0 Å². The summed E-state index contributed by atoms with van der Waals surface area (Å²) in [5, 5.41) is 0.524. The summed E-state index contributed by atoms with van der Waals surface area (Å²) in [5.41, 5.74) is 2.21. The minimum atomic E-state index is -0.106. The number of halogens is 1. The first-order valence-electron chi connectivity index (χ1n) is 7.12. The van der Waals surface area contributed by atoms with Gasteiger partial charge in [-0.1, -0.05) is 48.6 Å². The van der Waals surface area contributed by atoms with E-state index in [0.717, 1.165) is 5.57 Å². The van der Waals surface area contributed by atoms with E-state index in [2.05, 4.69) is 11.6 Å². The van der Waals surface area contributed by atoms with Crippen molar-refractivity contribution in [2.24, 2.45) is 0 Å². The molecule has 0 radical (unpaired) electrons.